The first-order chi connectivity index (χ1) is 22.7. The van der Waals surface area contributed by atoms with Gasteiger partial charge >= 0.3 is 20.5 Å². The molecule has 1 saturated heterocycles. The van der Waals surface area contributed by atoms with Gasteiger partial charge in [-0.05, 0) is 27.7 Å². The van der Waals surface area contributed by atoms with Gasteiger partial charge in [-0.25, -0.2) is 13.9 Å². The predicted octanol–water partition coefficient (Wildman–Crippen LogP) is -2.39. The third-order valence-corrected chi connectivity index (χ3v) is 9.63. The molecule has 0 aliphatic carbocycles. The molecule has 21 nitrogen and oxygen atoms in total. The Labute approximate surface area is 290 Å². The minimum Gasteiger partial charge on any atom is -0.394 e. The zero-order valence-corrected chi connectivity index (χ0v) is 31.0. The molecule has 6 atom stereocenters. The number of H-pyrrole nitrogens is 1. The van der Waals surface area contributed by atoms with Crippen LogP contribution in [-0.4, -0.2) is 163 Å². The van der Waals surface area contributed by atoms with Gasteiger partial charge in [0.2, 0.25) is 0 Å². The van der Waals surface area contributed by atoms with E-state index in [0.717, 1.165) is 8.28 Å². The number of nitrogens with zero attached hydrogens (tertiary/aromatic N) is 5. The monoisotopic (exact) mass is 760 g/mol. The summed E-state index contributed by atoms with van der Waals surface area (Å²) in [5.41, 5.74) is 0.564. The number of hydrogen-bond acceptors (Lipinski definition) is 16. The summed E-state index contributed by atoms with van der Waals surface area (Å²) in [6.45, 7) is 7.69. The summed E-state index contributed by atoms with van der Waals surface area (Å²) in [5, 5.41) is 57.5. The molecule has 2 aromatic heterocycles. The Morgan fingerprint density at radius 1 is 0.940 bits per heavy atom. The molecule has 0 unspecified atom stereocenters. The summed E-state index contributed by atoms with van der Waals surface area (Å²) in [7, 11) is -2.95. The average Bonchev–Trinajstić information content (AvgIpc) is 3.67. The smallest absolute Gasteiger partial charge is 0.335 e. The fourth-order valence-electron chi connectivity index (χ4n) is 4.31. The van der Waals surface area contributed by atoms with E-state index in [1.165, 1.54) is 49.0 Å². The first-order valence-electron chi connectivity index (χ1n) is 14.7. The number of rotatable bonds is 12. The van der Waals surface area contributed by atoms with Crippen LogP contribution in [-0.2, 0) is 30.0 Å². The highest BCUT2D eigenvalue weighted by Crippen LogP contribution is 2.37. The summed E-state index contributed by atoms with van der Waals surface area (Å²) in [5.74, 6) is -2.18. The molecule has 288 valence electrons. The first-order valence-corrected chi connectivity index (χ1v) is 17.5. The highest BCUT2D eigenvalue weighted by atomic mass is 32.2. The van der Waals surface area contributed by atoms with E-state index in [2.05, 4.69) is 15.0 Å². The summed E-state index contributed by atoms with van der Waals surface area (Å²) in [6, 6.07) is 0. The van der Waals surface area contributed by atoms with Gasteiger partial charge in [-0.3, -0.25) is 14.1 Å². The highest BCUT2D eigenvalue weighted by molar-refractivity contribution is 7.87. The summed E-state index contributed by atoms with van der Waals surface area (Å²) >= 11 is 0. The number of ketones is 2. The van der Waals surface area contributed by atoms with E-state index in [1.807, 2.05) is 0 Å². The van der Waals surface area contributed by atoms with E-state index >= 15 is 0 Å². The molecule has 8 N–H and O–H groups in total. The van der Waals surface area contributed by atoms with Crippen molar-refractivity contribution < 1.29 is 71.1 Å². The molecule has 0 saturated carbocycles. The van der Waals surface area contributed by atoms with Crippen LogP contribution < -0.4 is 0 Å². The minimum absolute atomic E-state index is 0.0715. The number of aromatic nitrogens is 4. The second-order valence-corrected chi connectivity index (χ2v) is 15.5. The molecule has 0 radical (unpaired) electrons. The summed E-state index contributed by atoms with van der Waals surface area (Å²) in [4.78, 5) is 33.5. The van der Waals surface area contributed by atoms with Crippen molar-refractivity contribution in [1.29, 1.82) is 0 Å². The molecule has 3 heterocycles. The number of nitrogens with one attached hydrogen (secondary N) is 1. The molecule has 3 rings (SSSR count). The Morgan fingerprint density at radius 3 is 1.84 bits per heavy atom. The van der Waals surface area contributed by atoms with Crippen molar-refractivity contribution in [3.63, 3.8) is 0 Å². The van der Waals surface area contributed by atoms with Gasteiger partial charge in [-0.1, -0.05) is 0 Å². The Morgan fingerprint density at radius 2 is 1.46 bits per heavy atom. The first kappa shape index (κ1) is 45.2. The van der Waals surface area contributed by atoms with Gasteiger partial charge in [0.15, 0.2) is 29.0 Å². The second kappa shape index (κ2) is 17.6. The van der Waals surface area contributed by atoms with Crippen LogP contribution in [0.3, 0.4) is 0 Å². The van der Waals surface area contributed by atoms with Crippen molar-refractivity contribution in [3.8, 4) is 0 Å². The molecule has 0 bridgehead atoms. The van der Waals surface area contributed by atoms with Crippen molar-refractivity contribution in [2.24, 2.45) is 0 Å². The van der Waals surface area contributed by atoms with Crippen LogP contribution in [0.1, 0.15) is 83.9 Å². The lowest BCUT2D eigenvalue weighted by Crippen LogP contribution is -2.37. The van der Waals surface area contributed by atoms with Gasteiger partial charge in [-0.15, -0.1) is 0 Å². The fourth-order valence-corrected chi connectivity index (χ4v) is 5.51. The third kappa shape index (κ3) is 11.1. The van der Waals surface area contributed by atoms with E-state index in [9.17, 15) is 52.0 Å². The van der Waals surface area contributed by atoms with Crippen LogP contribution in [0.4, 0.5) is 0 Å². The third-order valence-electron chi connectivity index (χ3n) is 6.96. The molecule has 0 amide bonds. The molecule has 0 aromatic carbocycles. The highest BCUT2D eigenvalue weighted by Gasteiger charge is 2.47. The summed E-state index contributed by atoms with van der Waals surface area (Å²) in [6.07, 6.45) is -7.92. The quantitative estimate of drug-likeness (QED) is 0.0827. The van der Waals surface area contributed by atoms with E-state index < -0.39 is 81.9 Å². The molecule has 0 spiro atoms. The van der Waals surface area contributed by atoms with E-state index in [4.69, 9.17) is 19.1 Å². The number of Topliss-reactive ketones (excluding diaryl/α,β-unsaturated/α-hetero) is 2. The molecular formula is C27H48N6O15S2. The van der Waals surface area contributed by atoms with Crippen LogP contribution >= 0.6 is 0 Å². The van der Waals surface area contributed by atoms with Crippen LogP contribution in [0.15, 0.2) is 0 Å². The fraction of sp³-hybridized carbons (Fsp3) is 0.704. The topological polar surface area (TPSA) is 315 Å². The normalized spacial score (nSPS) is 20.0. The maximum absolute atomic E-state index is 12.8. The van der Waals surface area contributed by atoms with Crippen molar-refractivity contribution in [1.82, 2.24) is 27.5 Å². The van der Waals surface area contributed by atoms with E-state index in [-0.39, 0.29) is 34.5 Å². The van der Waals surface area contributed by atoms with Gasteiger partial charge in [0.1, 0.15) is 36.6 Å². The number of ether oxygens (including phenoxy) is 2. The zero-order valence-electron chi connectivity index (χ0n) is 29.3. The number of imidazole rings is 2. The second-order valence-electron chi connectivity index (χ2n) is 11.9. The lowest BCUT2D eigenvalue weighted by atomic mass is 10.0. The number of aryl methyl sites for hydroxylation is 2. The van der Waals surface area contributed by atoms with Crippen LogP contribution in [0.2, 0.25) is 0 Å². The zero-order chi connectivity index (χ0) is 39.3. The van der Waals surface area contributed by atoms with Crippen LogP contribution in [0, 0.1) is 13.8 Å². The SMILES string of the molecule is CC(=O)c1nc(C)c([C@@H](O)[C@@H]2OC(C)(C)O[C@@H]2CO)n1S(=O)(=O)N(C)C.CC(=O)c1nc([C@@H](O)[C@H](O)[C@H](O)CO)c(C)[nH]1.CN(C)S(=O)(=O)O. The standard InChI is InChI=1S/C15H25N3O7S.C10H16N2O5.C2H7NO3S/c1-8-11(12(21)13-10(7-19)24-15(3,4)25-13)18(14(16-8)9(2)20)26(22,23)17(5)6;1-4-7(12-10(11-4)5(2)14)9(17)8(16)6(15)3-13;1-3(2)7(4,5)6/h10,12-13,19,21H,7H2,1-6H3;6,8-9,13,15-17H,3H2,1-2H3,(H,11,12);1-2H3,(H,4,5,6)/t10-,12-,13-;6-,8-,9-;/m11./s1. The van der Waals surface area contributed by atoms with Gasteiger partial charge in [0.25, 0.3) is 0 Å². The molecule has 23 heteroatoms. The van der Waals surface area contributed by atoms with Crippen molar-refractivity contribution in [2.45, 2.75) is 84.0 Å². The molecular weight excluding hydrogens is 712 g/mol. The van der Waals surface area contributed by atoms with Crippen molar-refractivity contribution in [3.05, 3.63) is 34.4 Å². The van der Waals surface area contributed by atoms with Crippen molar-refractivity contribution in [2.75, 3.05) is 41.4 Å². The average molecular weight is 761 g/mol. The molecule has 1 fully saturated rings. The Hall–Kier alpha value is -2.78. The number of aromatic amines is 1. The number of carbonyl (C=O) groups excluding carboxylic acids is 2. The van der Waals surface area contributed by atoms with Crippen LogP contribution in [0.5, 0.6) is 0 Å². The Kier molecular flexibility index (Phi) is 16.0. The van der Waals surface area contributed by atoms with Crippen LogP contribution in [0.25, 0.3) is 0 Å². The molecule has 1 aliphatic rings. The minimum atomic E-state index is -4.14. The Bertz CT molecular complexity index is 1690. The van der Waals surface area contributed by atoms with E-state index in [1.54, 1.807) is 20.8 Å². The molecule has 2 aromatic rings. The number of hydrogen-bond donors (Lipinski definition) is 8. The Balaban J connectivity index is 0.000000445. The summed E-state index contributed by atoms with van der Waals surface area (Å²) < 4.78 is 66.7. The molecule has 50 heavy (non-hydrogen) atoms. The predicted molar refractivity (Wildman–Crippen MR) is 173 cm³/mol. The van der Waals surface area contributed by atoms with Crippen molar-refractivity contribution >= 4 is 32.1 Å². The number of aliphatic hydroxyl groups is 6. The largest absolute Gasteiger partial charge is 0.394 e. The maximum atomic E-state index is 12.8. The number of aliphatic hydroxyl groups excluding tert-OH is 6. The van der Waals surface area contributed by atoms with Gasteiger partial charge in [-0.2, -0.15) is 25.4 Å². The molecule has 1 aliphatic heterocycles. The lowest BCUT2D eigenvalue weighted by Gasteiger charge is -2.24. The lowest BCUT2D eigenvalue weighted by molar-refractivity contribution is -0.157. The van der Waals surface area contributed by atoms with Gasteiger partial charge in [0, 0.05) is 47.7 Å². The maximum Gasteiger partial charge on any atom is 0.335 e. The van der Waals surface area contributed by atoms with Gasteiger partial charge in [0.05, 0.1) is 30.3 Å². The number of carbonyl (C=O) groups is 2. The van der Waals surface area contributed by atoms with E-state index in [0.29, 0.717) is 10.00 Å². The van der Waals surface area contributed by atoms with Gasteiger partial charge < -0.3 is 45.1 Å².